The van der Waals surface area contributed by atoms with Crippen LogP contribution in [-0.2, 0) is 6.54 Å². The molecule has 0 fully saturated rings. The molecule has 0 spiro atoms. The first-order valence-corrected chi connectivity index (χ1v) is 12.3. The number of rotatable bonds is 12. The van der Waals surface area contributed by atoms with Crippen molar-refractivity contribution >= 4 is 17.6 Å². The second-order valence-electron chi connectivity index (χ2n) is 7.47. The highest BCUT2D eigenvalue weighted by molar-refractivity contribution is 6.30. The molecule has 184 valence electrons. The summed E-state index contributed by atoms with van der Waals surface area (Å²) in [5.74, 6) is 1.34. The number of hydrogen-bond donors (Lipinski definition) is 2. The van der Waals surface area contributed by atoms with Gasteiger partial charge >= 0.3 is 0 Å². The first kappa shape index (κ1) is 30.5. The van der Waals surface area contributed by atoms with E-state index in [2.05, 4.69) is 42.3 Å². The van der Waals surface area contributed by atoms with Crippen molar-refractivity contribution in [3.63, 3.8) is 0 Å². The zero-order valence-electron chi connectivity index (χ0n) is 20.8. The molecule has 1 aromatic carbocycles. The third kappa shape index (κ3) is 16.7. The van der Waals surface area contributed by atoms with Gasteiger partial charge in [-0.3, -0.25) is 4.98 Å². The molecular weight excluding hydrogens is 432 g/mol. The summed E-state index contributed by atoms with van der Waals surface area (Å²) >= 11 is 5.84. The first-order chi connectivity index (χ1) is 16.1. The Balaban J connectivity index is 0.00000129. The standard InChI is InChI=1S/C20H27ClN4O.C5H12.C2H4/c1-16-7-6-13-23-19(16)15-25-20(22)24-12-4-2-3-5-14-26-18-10-8-17(21)9-11-18;1-3-5-4-2;1-2/h6-11,13H,2-5,12,14-15H2,1H3,(H3,22,24,25);3-5H2,1-2H3;1-2H2. The molecule has 0 unspecified atom stereocenters. The average molecular weight is 475 g/mol. The van der Waals surface area contributed by atoms with Gasteiger partial charge in [0.05, 0.1) is 18.8 Å². The summed E-state index contributed by atoms with van der Waals surface area (Å²) in [6.07, 6.45) is 10.2. The third-order valence-electron chi connectivity index (χ3n) is 4.68. The number of nitrogens with one attached hydrogen (secondary N) is 1. The Morgan fingerprint density at radius 1 is 1.03 bits per heavy atom. The maximum Gasteiger partial charge on any atom is 0.188 e. The van der Waals surface area contributed by atoms with E-state index in [4.69, 9.17) is 22.1 Å². The topological polar surface area (TPSA) is 72.5 Å². The van der Waals surface area contributed by atoms with E-state index in [9.17, 15) is 0 Å². The minimum atomic E-state index is 0.473. The largest absolute Gasteiger partial charge is 0.494 e. The lowest BCUT2D eigenvalue weighted by Crippen LogP contribution is -2.32. The van der Waals surface area contributed by atoms with E-state index >= 15 is 0 Å². The summed E-state index contributed by atoms with van der Waals surface area (Å²) in [5, 5.41) is 3.88. The van der Waals surface area contributed by atoms with Crippen LogP contribution in [0.5, 0.6) is 5.75 Å². The molecular formula is C27H43ClN4O. The van der Waals surface area contributed by atoms with Gasteiger partial charge in [0.1, 0.15) is 5.75 Å². The number of aliphatic imine (C=N–C) groups is 1. The van der Waals surface area contributed by atoms with Gasteiger partial charge in [-0.25, -0.2) is 4.99 Å². The van der Waals surface area contributed by atoms with Crippen molar-refractivity contribution in [2.24, 2.45) is 10.7 Å². The number of halogens is 1. The van der Waals surface area contributed by atoms with Crippen molar-refractivity contribution < 1.29 is 4.74 Å². The predicted octanol–water partition coefficient (Wildman–Crippen LogP) is 7.09. The van der Waals surface area contributed by atoms with E-state index in [-0.39, 0.29) is 0 Å². The Kier molecular flexibility index (Phi) is 19.7. The molecule has 0 bridgehead atoms. The van der Waals surface area contributed by atoms with Gasteiger partial charge in [0.15, 0.2) is 5.96 Å². The highest BCUT2D eigenvalue weighted by atomic mass is 35.5. The number of guanidine groups is 1. The average Bonchev–Trinajstić information content (AvgIpc) is 2.83. The fourth-order valence-corrected chi connectivity index (χ4v) is 2.90. The molecule has 0 saturated heterocycles. The van der Waals surface area contributed by atoms with Gasteiger partial charge in [0, 0.05) is 17.8 Å². The molecule has 0 saturated carbocycles. The summed E-state index contributed by atoms with van der Waals surface area (Å²) in [6, 6.07) is 11.4. The quantitative estimate of drug-likeness (QED) is 0.149. The number of pyridine rings is 1. The fraction of sp³-hybridized carbons (Fsp3) is 0.481. The van der Waals surface area contributed by atoms with Gasteiger partial charge in [-0.2, -0.15) is 0 Å². The van der Waals surface area contributed by atoms with Crippen LogP contribution in [0.15, 0.2) is 60.7 Å². The van der Waals surface area contributed by atoms with Crippen LogP contribution in [0.4, 0.5) is 0 Å². The molecule has 0 atom stereocenters. The number of aromatic nitrogens is 1. The van der Waals surface area contributed by atoms with Gasteiger partial charge in [-0.05, 0) is 55.7 Å². The Labute approximate surface area is 206 Å². The van der Waals surface area contributed by atoms with Crippen molar-refractivity contribution in [3.05, 3.63) is 72.0 Å². The highest BCUT2D eigenvalue weighted by Gasteiger charge is 1.98. The SMILES string of the molecule is C=C.CCCCC.Cc1cccnc1CN=C(N)NCCCCCCOc1ccc(Cl)cc1. The normalized spacial score (nSPS) is 10.4. The monoisotopic (exact) mass is 474 g/mol. The molecule has 6 heteroatoms. The van der Waals surface area contributed by atoms with Crippen LogP contribution in [0, 0.1) is 6.92 Å². The Morgan fingerprint density at radius 3 is 2.30 bits per heavy atom. The molecule has 33 heavy (non-hydrogen) atoms. The third-order valence-corrected chi connectivity index (χ3v) is 4.94. The van der Waals surface area contributed by atoms with Gasteiger partial charge in [-0.1, -0.05) is 63.6 Å². The number of benzene rings is 1. The van der Waals surface area contributed by atoms with E-state index in [0.29, 0.717) is 12.5 Å². The maximum absolute atomic E-state index is 5.89. The van der Waals surface area contributed by atoms with Crippen LogP contribution in [-0.4, -0.2) is 24.1 Å². The molecule has 3 N–H and O–H groups in total. The van der Waals surface area contributed by atoms with E-state index in [1.807, 2.05) is 43.3 Å². The molecule has 0 aliphatic heterocycles. The number of ether oxygens (including phenoxy) is 1. The summed E-state index contributed by atoms with van der Waals surface area (Å²) in [7, 11) is 0. The van der Waals surface area contributed by atoms with Crippen LogP contribution < -0.4 is 15.8 Å². The van der Waals surface area contributed by atoms with Gasteiger partial charge in [-0.15, -0.1) is 13.2 Å². The van der Waals surface area contributed by atoms with E-state index < -0.39 is 0 Å². The smallest absolute Gasteiger partial charge is 0.188 e. The molecule has 0 aliphatic carbocycles. The van der Waals surface area contributed by atoms with Crippen molar-refractivity contribution in [2.75, 3.05) is 13.2 Å². The summed E-state index contributed by atoms with van der Waals surface area (Å²) < 4.78 is 5.67. The van der Waals surface area contributed by atoms with E-state index in [0.717, 1.165) is 60.9 Å². The zero-order chi connectivity index (χ0) is 24.7. The zero-order valence-corrected chi connectivity index (χ0v) is 21.5. The number of aryl methyl sites for hydroxylation is 1. The molecule has 2 aromatic rings. The lowest BCUT2D eigenvalue weighted by Gasteiger charge is -2.07. The molecule has 0 aliphatic rings. The van der Waals surface area contributed by atoms with Crippen molar-refractivity contribution in [1.82, 2.24) is 10.3 Å². The second-order valence-corrected chi connectivity index (χ2v) is 7.90. The number of hydrogen-bond acceptors (Lipinski definition) is 3. The highest BCUT2D eigenvalue weighted by Crippen LogP contribution is 2.15. The Bertz CT molecular complexity index is 748. The molecule has 1 aromatic heterocycles. The van der Waals surface area contributed by atoms with Crippen LogP contribution in [0.1, 0.15) is 70.1 Å². The van der Waals surface area contributed by atoms with Crippen molar-refractivity contribution in [2.45, 2.75) is 72.3 Å². The molecule has 0 radical (unpaired) electrons. The van der Waals surface area contributed by atoms with Gasteiger partial charge in [0.25, 0.3) is 0 Å². The van der Waals surface area contributed by atoms with Crippen LogP contribution in [0.2, 0.25) is 5.02 Å². The first-order valence-electron chi connectivity index (χ1n) is 11.9. The van der Waals surface area contributed by atoms with Gasteiger partial charge in [0.2, 0.25) is 0 Å². The summed E-state index contributed by atoms with van der Waals surface area (Å²) in [5.41, 5.74) is 7.98. The minimum absolute atomic E-state index is 0.473. The maximum atomic E-state index is 5.89. The number of nitrogens with zero attached hydrogens (tertiary/aromatic N) is 2. The fourth-order valence-electron chi connectivity index (χ4n) is 2.77. The van der Waals surface area contributed by atoms with Crippen LogP contribution in [0.3, 0.4) is 0 Å². The number of nitrogens with two attached hydrogens (primary N) is 1. The van der Waals surface area contributed by atoms with Crippen molar-refractivity contribution in [3.8, 4) is 5.75 Å². The van der Waals surface area contributed by atoms with Crippen LogP contribution >= 0.6 is 11.6 Å². The summed E-state index contributed by atoms with van der Waals surface area (Å²) in [4.78, 5) is 8.64. The Hall–Kier alpha value is -2.53. The minimum Gasteiger partial charge on any atom is -0.494 e. The second kappa shape index (κ2) is 21.3. The predicted molar refractivity (Wildman–Crippen MR) is 144 cm³/mol. The number of unbranched alkanes of at least 4 members (excludes halogenated alkanes) is 5. The van der Waals surface area contributed by atoms with Gasteiger partial charge < -0.3 is 15.8 Å². The molecule has 5 nitrogen and oxygen atoms in total. The molecule has 2 rings (SSSR count). The lowest BCUT2D eigenvalue weighted by atomic mass is 10.2. The molecule has 0 amide bonds. The van der Waals surface area contributed by atoms with Crippen molar-refractivity contribution in [1.29, 1.82) is 0 Å². The Morgan fingerprint density at radius 2 is 1.70 bits per heavy atom. The van der Waals surface area contributed by atoms with E-state index in [1.165, 1.54) is 19.3 Å². The summed E-state index contributed by atoms with van der Waals surface area (Å²) in [6.45, 7) is 14.5. The van der Waals surface area contributed by atoms with E-state index in [1.54, 1.807) is 6.20 Å². The van der Waals surface area contributed by atoms with Crippen LogP contribution in [0.25, 0.3) is 0 Å². The molecule has 1 heterocycles. The lowest BCUT2D eigenvalue weighted by molar-refractivity contribution is 0.304.